The molecule has 118 valence electrons. The van der Waals surface area contributed by atoms with E-state index in [9.17, 15) is 4.79 Å². The maximum absolute atomic E-state index is 11.8. The van der Waals surface area contributed by atoms with E-state index in [2.05, 4.69) is 4.98 Å². The maximum atomic E-state index is 11.8. The number of hydrogen-bond acceptors (Lipinski definition) is 6. The van der Waals surface area contributed by atoms with Gasteiger partial charge in [0.05, 0.1) is 19.3 Å². The average molecular weight is 321 g/mol. The molecule has 1 aromatic heterocycles. The van der Waals surface area contributed by atoms with Crippen molar-refractivity contribution in [3.8, 4) is 16.3 Å². The molecule has 0 bridgehead atoms. The van der Waals surface area contributed by atoms with Gasteiger partial charge in [-0.2, -0.15) is 0 Å². The Morgan fingerprint density at radius 1 is 1.32 bits per heavy atom. The third kappa shape index (κ3) is 4.05. The summed E-state index contributed by atoms with van der Waals surface area (Å²) in [6.45, 7) is 4.36. The Bertz CT molecular complexity index is 653. The number of esters is 1. The van der Waals surface area contributed by atoms with E-state index in [1.807, 2.05) is 19.9 Å². The van der Waals surface area contributed by atoms with Crippen LogP contribution in [0.5, 0.6) is 5.75 Å². The molecule has 1 heterocycles. The molecule has 0 unspecified atom stereocenters. The molecular formula is C16H19NO4S. The molecule has 0 amide bonds. The van der Waals surface area contributed by atoms with Gasteiger partial charge >= 0.3 is 5.97 Å². The van der Waals surface area contributed by atoms with Crippen molar-refractivity contribution in [2.45, 2.75) is 20.0 Å². The highest BCUT2D eigenvalue weighted by atomic mass is 32.1. The number of methoxy groups -OCH3 is 2. The van der Waals surface area contributed by atoms with Gasteiger partial charge in [0.2, 0.25) is 0 Å². The Hall–Kier alpha value is -1.92. The van der Waals surface area contributed by atoms with Gasteiger partial charge in [-0.15, -0.1) is 11.3 Å². The van der Waals surface area contributed by atoms with Gasteiger partial charge in [-0.1, -0.05) is 0 Å². The monoisotopic (exact) mass is 321 g/mol. The van der Waals surface area contributed by atoms with Gasteiger partial charge in [0, 0.05) is 23.7 Å². The first-order valence-electron chi connectivity index (χ1n) is 6.85. The predicted molar refractivity (Wildman–Crippen MR) is 85.6 cm³/mol. The van der Waals surface area contributed by atoms with E-state index in [0.717, 1.165) is 15.4 Å². The summed E-state index contributed by atoms with van der Waals surface area (Å²) in [6.07, 6.45) is 1.68. The SMILES string of the molecule is COC[C@H](C)Oc1cc(C(=O)OC)cc(-c2ncc(C)s2)c1. The molecule has 0 N–H and O–H groups in total. The molecule has 0 fully saturated rings. The van der Waals surface area contributed by atoms with Crippen LogP contribution in [0.1, 0.15) is 22.2 Å². The van der Waals surface area contributed by atoms with Crippen LogP contribution < -0.4 is 4.74 Å². The number of aromatic nitrogens is 1. The zero-order valence-electron chi connectivity index (χ0n) is 13.1. The molecule has 0 aliphatic carbocycles. The van der Waals surface area contributed by atoms with Gasteiger partial charge in [0.1, 0.15) is 16.9 Å². The Morgan fingerprint density at radius 2 is 2.09 bits per heavy atom. The van der Waals surface area contributed by atoms with Crippen molar-refractivity contribution in [1.29, 1.82) is 0 Å². The molecular weight excluding hydrogens is 302 g/mol. The molecule has 2 aromatic rings. The molecule has 1 aromatic carbocycles. The molecule has 5 nitrogen and oxygen atoms in total. The van der Waals surface area contributed by atoms with Crippen molar-refractivity contribution in [3.05, 3.63) is 34.8 Å². The molecule has 0 spiro atoms. The highest BCUT2D eigenvalue weighted by Crippen LogP contribution is 2.30. The number of benzene rings is 1. The molecule has 1 atom stereocenters. The number of hydrogen-bond donors (Lipinski definition) is 0. The summed E-state index contributed by atoms with van der Waals surface area (Å²) >= 11 is 1.56. The Labute approximate surface area is 133 Å². The van der Waals surface area contributed by atoms with Crippen LogP contribution in [0.3, 0.4) is 0 Å². The number of rotatable bonds is 6. The lowest BCUT2D eigenvalue weighted by molar-refractivity contribution is 0.0599. The minimum Gasteiger partial charge on any atom is -0.488 e. The zero-order valence-corrected chi connectivity index (χ0v) is 13.9. The largest absolute Gasteiger partial charge is 0.488 e. The first kappa shape index (κ1) is 16.5. The highest BCUT2D eigenvalue weighted by molar-refractivity contribution is 7.14. The Morgan fingerprint density at radius 3 is 2.68 bits per heavy atom. The molecule has 0 saturated heterocycles. The molecule has 2 rings (SSSR count). The van der Waals surface area contributed by atoms with E-state index in [0.29, 0.717) is 17.9 Å². The van der Waals surface area contributed by atoms with Crippen molar-refractivity contribution in [2.75, 3.05) is 20.8 Å². The minimum absolute atomic E-state index is 0.122. The fourth-order valence-corrected chi connectivity index (χ4v) is 2.77. The highest BCUT2D eigenvalue weighted by Gasteiger charge is 2.14. The van der Waals surface area contributed by atoms with Crippen molar-refractivity contribution in [3.63, 3.8) is 0 Å². The van der Waals surface area contributed by atoms with Gasteiger partial charge in [-0.3, -0.25) is 0 Å². The minimum atomic E-state index is -0.403. The predicted octanol–water partition coefficient (Wildman–Crippen LogP) is 3.32. The summed E-state index contributed by atoms with van der Waals surface area (Å²) in [7, 11) is 2.98. The van der Waals surface area contributed by atoms with Crippen molar-refractivity contribution in [2.24, 2.45) is 0 Å². The van der Waals surface area contributed by atoms with Crippen LogP contribution in [0.4, 0.5) is 0 Å². The van der Waals surface area contributed by atoms with E-state index in [1.165, 1.54) is 7.11 Å². The van der Waals surface area contributed by atoms with E-state index in [4.69, 9.17) is 14.2 Å². The van der Waals surface area contributed by atoms with Crippen LogP contribution in [-0.2, 0) is 9.47 Å². The second-order valence-corrected chi connectivity index (χ2v) is 6.13. The van der Waals surface area contributed by atoms with Gasteiger partial charge in [-0.25, -0.2) is 9.78 Å². The average Bonchev–Trinajstić information content (AvgIpc) is 2.93. The van der Waals surface area contributed by atoms with E-state index >= 15 is 0 Å². The number of ether oxygens (including phenoxy) is 3. The second kappa shape index (κ2) is 7.38. The lowest BCUT2D eigenvalue weighted by Crippen LogP contribution is -2.18. The number of nitrogens with zero attached hydrogens (tertiary/aromatic N) is 1. The summed E-state index contributed by atoms with van der Waals surface area (Å²) in [4.78, 5) is 17.3. The van der Waals surface area contributed by atoms with Crippen molar-refractivity contribution >= 4 is 17.3 Å². The summed E-state index contributed by atoms with van der Waals surface area (Å²) in [6, 6.07) is 5.30. The number of aryl methyl sites for hydroxylation is 1. The summed E-state index contributed by atoms with van der Waals surface area (Å²) < 4.78 is 15.7. The molecule has 6 heteroatoms. The quantitative estimate of drug-likeness (QED) is 0.764. The number of carbonyl (C=O) groups excluding carboxylic acids is 1. The van der Waals surface area contributed by atoms with Crippen LogP contribution in [0.15, 0.2) is 24.4 Å². The van der Waals surface area contributed by atoms with Crippen LogP contribution in [0.2, 0.25) is 0 Å². The summed E-state index contributed by atoms with van der Waals surface area (Å²) in [5.74, 6) is 0.190. The molecule has 0 aliphatic heterocycles. The summed E-state index contributed by atoms with van der Waals surface area (Å²) in [5.41, 5.74) is 1.27. The van der Waals surface area contributed by atoms with Crippen molar-refractivity contribution < 1.29 is 19.0 Å². The van der Waals surface area contributed by atoms with E-state index in [-0.39, 0.29) is 6.10 Å². The zero-order chi connectivity index (χ0) is 16.1. The second-order valence-electron chi connectivity index (χ2n) is 4.90. The van der Waals surface area contributed by atoms with Crippen LogP contribution in [0.25, 0.3) is 10.6 Å². The van der Waals surface area contributed by atoms with Gasteiger partial charge in [0.15, 0.2) is 0 Å². The summed E-state index contributed by atoms with van der Waals surface area (Å²) in [5, 5.41) is 0.840. The fraction of sp³-hybridized carbons (Fsp3) is 0.375. The fourth-order valence-electron chi connectivity index (χ4n) is 2.02. The number of thiazole rings is 1. The van der Waals surface area contributed by atoms with Gasteiger partial charge in [0.25, 0.3) is 0 Å². The van der Waals surface area contributed by atoms with Gasteiger partial charge < -0.3 is 14.2 Å². The molecule has 22 heavy (non-hydrogen) atoms. The third-order valence-corrected chi connectivity index (χ3v) is 3.90. The van der Waals surface area contributed by atoms with E-state index < -0.39 is 5.97 Å². The van der Waals surface area contributed by atoms with Crippen LogP contribution >= 0.6 is 11.3 Å². The molecule has 0 radical (unpaired) electrons. The standard InChI is InChI=1S/C16H19NO4S/c1-10(9-19-3)21-14-6-12(15-17-8-11(2)22-15)5-13(7-14)16(18)20-4/h5-8,10H,9H2,1-4H3/t10-/m0/s1. The lowest BCUT2D eigenvalue weighted by atomic mass is 10.1. The first-order valence-corrected chi connectivity index (χ1v) is 7.67. The maximum Gasteiger partial charge on any atom is 0.338 e. The first-order chi connectivity index (χ1) is 10.5. The Balaban J connectivity index is 2.38. The van der Waals surface area contributed by atoms with Crippen LogP contribution in [-0.4, -0.2) is 37.9 Å². The lowest BCUT2D eigenvalue weighted by Gasteiger charge is -2.15. The number of carbonyl (C=O) groups is 1. The Kier molecular flexibility index (Phi) is 5.51. The normalized spacial score (nSPS) is 12.0. The van der Waals surface area contributed by atoms with Crippen LogP contribution in [0, 0.1) is 6.92 Å². The van der Waals surface area contributed by atoms with E-state index in [1.54, 1.807) is 36.8 Å². The van der Waals surface area contributed by atoms with Gasteiger partial charge in [-0.05, 0) is 32.0 Å². The smallest absolute Gasteiger partial charge is 0.338 e. The molecule has 0 aliphatic rings. The topological polar surface area (TPSA) is 57.7 Å². The molecule has 0 saturated carbocycles. The van der Waals surface area contributed by atoms with Crippen molar-refractivity contribution in [1.82, 2.24) is 4.98 Å². The third-order valence-electron chi connectivity index (χ3n) is 2.93.